The fraction of sp³-hybridized carbons (Fsp3) is 0.588. The van der Waals surface area contributed by atoms with Crippen LogP contribution in [0.3, 0.4) is 0 Å². The van der Waals surface area contributed by atoms with Crippen LogP contribution in [0.4, 0.5) is 16.2 Å². The molecule has 1 saturated heterocycles. The van der Waals surface area contributed by atoms with Gasteiger partial charge in [0.2, 0.25) is 0 Å². The predicted molar refractivity (Wildman–Crippen MR) is 97.4 cm³/mol. The molecule has 1 fully saturated rings. The van der Waals surface area contributed by atoms with Crippen molar-refractivity contribution in [2.75, 3.05) is 18.0 Å². The van der Waals surface area contributed by atoms with Gasteiger partial charge in [0.1, 0.15) is 5.60 Å². The highest BCUT2D eigenvalue weighted by molar-refractivity contribution is 6.33. The van der Waals surface area contributed by atoms with E-state index >= 15 is 0 Å². The maximum absolute atomic E-state index is 11.9. The van der Waals surface area contributed by atoms with E-state index in [0.717, 1.165) is 24.1 Å². The number of carbonyl (C=O) groups excluding carboxylic acids is 1. The predicted octanol–water partition coefficient (Wildman–Crippen LogP) is 4.05. The number of aryl methyl sites for hydroxylation is 1. The fourth-order valence-electron chi connectivity index (χ4n) is 2.95. The summed E-state index contributed by atoms with van der Waals surface area (Å²) in [5.41, 5.74) is 1.07. The second-order valence-corrected chi connectivity index (χ2v) is 7.66. The minimum Gasteiger partial charge on any atom is -0.444 e. The number of piperidine rings is 1. The number of ether oxygens (including phenoxy) is 1. The summed E-state index contributed by atoms with van der Waals surface area (Å²) in [5.74, 6) is 0. The summed E-state index contributed by atoms with van der Waals surface area (Å²) in [6.45, 7) is 8.72. The molecule has 0 bridgehead atoms. The van der Waals surface area contributed by atoms with E-state index in [1.807, 2.05) is 27.7 Å². The Bertz CT molecular complexity index is 641. The second kappa shape index (κ2) is 7.47. The lowest BCUT2D eigenvalue weighted by molar-refractivity contribution is -0.384. The molecular formula is C17H24ClN3O4. The maximum Gasteiger partial charge on any atom is 0.407 e. The lowest BCUT2D eigenvalue weighted by Gasteiger charge is -2.35. The number of benzene rings is 1. The van der Waals surface area contributed by atoms with Gasteiger partial charge in [0, 0.05) is 31.3 Å². The van der Waals surface area contributed by atoms with Crippen molar-refractivity contribution in [1.82, 2.24) is 5.32 Å². The van der Waals surface area contributed by atoms with E-state index in [2.05, 4.69) is 10.2 Å². The van der Waals surface area contributed by atoms with Crippen molar-refractivity contribution in [3.05, 3.63) is 32.8 Å². The topological polar surface area (TPSA) is 84.7 Å². The number of nitrogens with one attached hydrogen (secondary N) is 1. The van der Waals surface area contributed by atoms with Gasteiger partial charge in [-0.3, -0.25) is 10.1 Å². The van der Waals surface area contributed by atoms with Gasteiger partial charge in [0.05, 0.1) is 15.6 Å². The largest absolute Gasteiger partial charge is 0.444 e. The van der Waals surface area contributed by atoms with Crippen LogP contribution < -0.4 is 10.2 Å². The van der Waals surface area contributed by atoms with Gasteiger partial charge in [-0.2, -0.15) is 0 Å². The molecule has 1 heterocycles. The van der Waals surface area contributed by atoms with Gasteiger partial charge in [0.15, 0.2) is 0 Å². The molecule has 138 valence electrons. The van der Waals surface area contributed by atoms with Gasteiger partial charge >= 0.3 is 6.09 Å². The van der Waals surface area contributed by atoms with Crippen molar-refractivity contribution in [1.29, 1.82) is 0 Å². The van der Waals surface area contributed by atoms with Gasteiger partial charge in [-0.05, 0) is 46.1 Å². The van der Waals surface area contributed by atoms with E-state index in [1.165, 1.54) is 12.1 Å². The molecule has 7 nitrogen and oxygen atoms in total. The zero-order valence-corrected chi connectivity index (χ0v) is 15.7. The smallest absolute Gasteiger partial charge is 0.407 e. The number of nitro groups is 1. The van der Waals surface area contributed by atoms with Crippen molar-refractivity contribution in [2.45, 2.75) is 52.2 Å². The molecule has 0 aliphatic carbocycles. The normalized spacial score (nSPS) is 15.8. The van der Waals surface area contributed by atoms with Gasteiger partial charge < -0.3 is 15.0 Å². The van der Waals surface area contributed by atoms with Crippen LogP contribution in [0.15, 0.2) is 12.1 Å². The molecule has 0 saturated carbocycles. The van der Waals surface area contributed by atoms with Crippen LogP contribution in [-0.4, -0.2) is 35.7 Å². The van der Waals surface area contributed by atoms with Crippen molar-refractivity contribution in [3.8, 4) is 0 Å². The summed E-state index contributed by atoms with van der Waals surface area (Å²) in [6, 6.07) is 2.96. The standard InChI is InChI=1S/C17H24ClN3O4/c1-11-9-13(21(23)24)10-14(18)15(11)20-7-5-12(6-8-20)19-16(22)25-17(2,3)4/h9-10,12H,5-8H2,1-4H3,(H,19,22). The van der Waals surface area contributed by atoms with Crippen LogP contribution in [0.2, 0.25) is 5.02 Å². The number of anilines is 1. The number of non-ortho nitro benzene ring substituents is 1. The first-order chi connectivity index (χ1) is 11.6. The van der Waals surface area contributed by atoms with Crippen LogP contribution in [0.5, 0.6) is 0 Å². The molecule has 0 unspecified atom stereocenters. The van der Waals surface area contributed by atoms with E-state index in [9.17, 15) is 14.9 Å². The summed E-state index contributed by atoms with van der Waals surface area (Å²) >= 11 is 6.27. The van der Waals surface area contributed by atoms with Crippen LogP contribution in [-0.2, 0) is 4.74 Å². The zero-order chi connectivity index (χ0) is 18.8. The summed E-state index contributed by atoms with van der Waals surface area (Å²) in [6.07, 6.45) is 1.10. The lowest BCUT2D eigenvalue weighted by Crippen LogP contribution is -2.46. The Balaban J connectivity index is 1.99. The van der Waals surface area contributed by atoms with Crippen LogP contribution in [0.25, 0.3) is 0 Å². The first kappa shape index (κ1) is 19.3. The average molecular weight is 370 g/mol. The molecule has 25 heavy (non-hydrogen) atoms. The summed E-state index contributed by atoms with van der Waals surface area (Å²) in [5, 5.41) is 14.2. The molecule has 0 aromatic heterocycles. The number of carbonyl (C=O) groups is 1. The fourth-order valence-corrected chi connectivity index (χ4v) is 3.33. The van der Waals surface area contributed by atoms with Gasteiger partial charge in [-0.1, -0.05) is 11.6 Å². The Morgan fingerprint density at radius 3 is 2.44 bits per heavy atom. The summed E-state index contributed by atoms with van der Waals surface area (Å²) in [7, 11) is 0. The molecule has 1 aromatic carbocycles. The highest BCUT2D eigenvalue weighted by Gasteiger charge is 2.26. The molecular weight excluding hydrogens is 346 g/mol. The first-order valence-corrected chi connectivity index (χ1v) is 8.63. The number of hydrogen-bond donors (Lipinski definition) is 1. The summed E-state index contributed by atoms with van der Waals surface area (Å²) in [4.78, 5) is 24.4. The molecule has 0 atom stereocenters. The molecule has 1 aromatic rings. The van der Waals surface area contributed by atoms with E-state index in [4.69, 9.17) is 16.3 Å². The Kier molecular flexibility index (Phi) is 5.77. The van der Waals surface area contributed by atoms with Crippen LogP contribution in [0.1, 0.15) is 39.2 Å². The van der Waals surface area contributed by atoms with Crippen molar-refractivity contribution < 1.29 is 14.5 Å². The Hall–Kier alpha value is -2.02. The van der Waals surface area contributed by atoms with Crippen molar-refractivity contribution in [2.24, 2.45) is 0 Å². The van der Waals surface area contributed by atoms with Gasteiger partial charge in [-0.25, -0.2) is 4.79 Å². The van der Waals surface area contributed by atoms with E-state index < -0.39 is 16.6 Å². The van der Waals surface area contributed by atoms with Gasteiger partial charge in [0.25, 0.3) is 5.69 Å². The van der Waals surface area contributed by atoms with E-state index in [1.54, 1.807) is 0 Å². The number of rotatable bonds is 3. The molecule has 1 amide bonds. The summed E-state index contributed by atoms with van der Waals surface area (Å²) < 4.78 is 5.28. The Labute approximate surface area is 152 Å². The highest BCUT2D eigenvalue weighted by Crippen LogP contribution is 2.35. The third-order valence-corrected chi connectivity index (χ3v) is 4.27. The number of nitrogens with zero attached hydrogens (tertiary/aromatic N) is 2. The van der Waals surface area contributed by atoms with Crippen molar-refractivity contribution in [3.63, 3.8) is 0 Å². The molecule has 1 N–H and O–H groups in total. The molecule has 2 rings (SSSR count). The average Bonchev–Trinajstić information content (AvgIpc) is 2.46. The first-order valence-electron chi connectivity index (χ1n) is 8.26. The number of nitro benzene ring substituents is 1. The second-order valence-electron chi connectivity index (χ2n) is 7.26. The molecule has 1 aliphatic rings. The highest BCUT2D eigenvalue weighted by atomic mass is 35.5. The molecule has 0 radical (unpaired) electrons. The number of amides is 1. The quantitative estimate of drug-likeness (QED) is 0.641. The molecule has 0 spiro atoms. The third kappa shape index (κ3) is 5.22. The number of hydrogen-bond acceptors (Lipinski definition) is 5. The van der Waals surface area contributed by atoms with Crippen molar-refractivity contribution >= 4 is 29.1 Å². The zero-order valence-electron chi connectivity index (χ0n) is 15.0. The minimum atomic E-state index is -0.520. The van der Waals surface area contributed by atoms with Gasteiger partial charge in [-0.15, -0.1) is 0 Å². The number of halogens is 1. The Morgan fingerprint density at radius 2 is 1.96 bits per heavy atom. The third-order valence-electron chi connectivity index (χ3n) is 3.98. The number of alkyl carbamates (subject to hydrolysis) is 1. The Morgan fingerprint density at radius 1 is 1.36 bits per heavy atom. The van der Waals surface area contributed by atoms with E-state index in [-0.39, 0.29) is 11.7 Å². The molecule has 1 aliphatic heterocycles. The SMILES string of the molecule is Cc1cc([N+](=O)[O-])cc(Cl)c1N1CCC(NC(=O)OC(C)(C)C)CC1. The molecule has 8 heteroatoms. The minimum absolute atomic E-state index is 0.00673. The maximum atomic E-state index is 11.9. The lowest BCUT2D eigenvalue weighted by atomic mass is 10.0. The van der Waals surface area contributed by atoms with E-state index in [0.29, 0.717) is 18.1 Å². The van der Waals surface area contributed by atoms with Crippen LogP contribution in [0, 0.1) is 17.0 Å². The van der Waals surface area contributed by atoms with Crippen LogP contribution >= 0.6 is 11.6 Å². The monoisotopic (exact) mass is 369 g/mol.